The van der Waals surface area contributed by atoms with Crippen LogP contribution in [-0.4, -0.2) is 52.3 Å². The molecule has 0 fully saturated rings. The van der Waals surface area contributed by atoms with Crippen LogP contribution in [0.4, 0.5) is 0 Å². The molecule has 0 saturated carbocycles. The van der Waals surface area contributed by atoms with Crippen LogP contribution in [0.2, 0.25) is 0 Å². The molecule has 0 aliphatic carbocycles. The summed E-state index contributed by atoms with van der Waals surface area (Å²) in [6.07, 6.45) is 0.833. The highest BCUT2D eigenvalue weighted by molar-refractivity contribution is 7.89. The van der Waals surface area contributed by atoms with Crippen LogP contribution in [0.15, 0.2) is 47.4 Å². The van der Waals surface area contributed by atoms with E-state index in [4.69, 9.17) is 9.47 Å². The summed E-state index contributed by atoms with van der Waals surface area (Å²) in [4.78, 5) is 24.6. The lowest BCUT2D eigenvalue weighted by Gasteiger charge is -2.13. The van der Waals surface area contributed by atoms with E-state index in [1.54, 1.807) is 12.1 Å². The van der Waals surface area contributed by atoms with Crippen LogP contribution in [-0.2, 0) is 10.0 Å². The lowest BCUT2D eigenvalue weighted by molar-refractivity contribution is 0.0846. The maximum Gasteiger partial charge on any atom is 0.269 e. The topological polar surface area (TPSA) is 114 Å². The van der Waals surface area contributed by atoms with Crippen molar-refractivity contribution in [1.29, 1.82) is 0 Å². The second-order valence-electron chi connectivity index (χ2n) is 6.43. The van der Waals surface area contributed by atoms with Gasteiger partial charge in [-0.1, -0.05) is 6.92 Å². The largest absolute Gasteiger partial charge is 0.493 e. The van der Waals surface area contributed by atoms with Gasteiger partial charge in [-0.3, -0.25) is 20.4 Å². The van der Waals surface area contributed by atoms with Gasteiger partial charge in [0.1, 0.15) is 0 Å². The fraction of sp³-hybridized carbons (Fsp3) is 0.300. The van der Waals surface area contributed by atoms with Gasteiger partial charge in [0.2, 0.25) is 10.0 Å². The Bertz CT molecular complexity index is 1000. The molecule has 2 aromatic carbocycles. The van der Waals surface area contributed by atoms with Crippen molar-refractivity contribution in [3.05, 3.63) is 53.6 Å². The lowest BCUT2D eigenvalue weighted by Crippen LogP contribution is -2.41. The number of benzene rings is 2. The minimum absolute atomic E-state index is 0.0607. The van der Waals surface area contributed by atoms with E-state index in [2.05, 4.69) is 10.9 Å². The van der Waals surface area contributed by atoms with Crippen LogP contribution >= 0.6 is 0 Å². The molecule has 2 rings (SSSR count). The Labute approximate surface area is 176 Å². The maximum atomic E-state index is 12.3. The van der Waals surface area contributed by atoms with Crippen molar-refractivity contribution in [2.45, 2.75) is 18.2 Å². The van der Waals surface area contributed by atoms with Crippen molar-refractivity contribution in [1.82, 2.24) is 15.2 Å². The Morgan fingerprint density at radius 1 is 0.933 bits per heavy atom. The molecule has 0 spiro atoms. The van der Waals surface area contributed by atoms with Gasteiger partial charge in [0.15, 0.2) is 11.5 Å². The van der Waals surface area contributed by atoms with Gasteiger partial charge in [-0.2, -0.15) is 0 Å². The standard InChI is InChI=1S/C20H25N3O6S/c1-5-12-29-17-11-8-15(13-18(17)28-4)20(25)22-21-19(24)14-6-9-16(10-7-14)30(26,27)23(2)3/h6-11,13H,5,12H2,1-4H3,(H,21,24)(H,22,25). The molecular formula is C20H25N3O6S. The number of nitrogens with one attached hydrogen (secondary N) is 2. The minimum atomic E-state index is -3.59. The van der Waals surface area contributed by atoms with Crippen molar-refractivity contribution >= 4 is 21.8 Å². The van der Waals surface area contributed by atoms with E-state index in [1.807, 2.05) is 6.92 Å². The van der Waals surface area contributed by atoms with Crippen molar-refractivity contribution < 1.29 is 27.5 Å². The molecule has 2 aromatic rings. The summed E-state index contributed by atoms with van der Waals surface area (Å²) in [5.74, 6) is -0.213. The smallest absolute Gasteiger partial charge is 0.269 e. The van der Waals surface area contributed by atoms with Gasteiger partial charge in [0.25, 0.3) is 11.8 Å². The van der Waals surface area contributed by atoms with Crippen LogP contribution in [0.3, 0.4) is 0 Å². The summed E-state index contributed by atoms with van der Waals surface area (Å²) in [5.41, 5.74) is 5.06. The van der Waals surface area contributed by atoms with Gasteiger partial charge in [-0.05, 0) is 48.9 Å². The Balaban J connectivity index is 2.03. The van der Waals surface area contributed by atoms with Gasteiger partial charge < -0.3 is 9.47 Å². The van der Waals surface area contributed by atoms with Crippen LogP contribution < -0.4 is 20.3 Å². The van der Waals surface area contributed by atoms with Crippen LogP contribution in [0.1, 0.15) is 34.1 Å². The molecule has 30 heavy (non-hydrogen) atoms. The van der Waals surface area contributed by atoms with E-state index < -0.39 is 21.8 Å². The number of sulfonamides is 1. The third-order valence-electron chi connectivity index (χ3n) is 4.07. The Kier molecular flexibility index (Phi) is 7.79. The van der Waals surface area contributed by atoms with E-state index in [0.29, 0.717) is 18.1 Å². The molecular weight excluding hydrogens is 410 g/mol. The quantitative estimate of drug-likeness (QED) is 0.612. The first-order valence-electron chi connectivity index (χ1n) is 9.14. The number of methoxy groups -OCH3 is 1. The normalized spacial score (nSPS) is 11.1. The zero-order valence-electron chi connectivity index (χ0n) is 17.3. The molecule has 0 aliphatic rings. The van der Waals surface area contributed by atoms with E-state index >= 15 is 0 Å². The van der Waals surface area contributed by atoms with Gasteiger partial charge in [-0.25, -0.2) is 12.7 Å². The fourth-order valence-corrected chi connectivity index (χ4v) is 3.29. The molecule has 2 amide bonds. The molecule has 9 nitrogen and oxygen atoms in total. The van der Waals surface area contributed by atoms with Gasteiger partial charge in [0.05, 0.1) is 18.6 Å². The van der Waals surface area contributed by atoms with Crippen molar-refractivity contribution in [3.63, 3.8) is 0 Å². The maximum absolute atomic E-state index is 12.3. The average Bonchev–Trinajstić information content (AvgIpc) is 2.75. The van der Waals surface area contributed by atoms with Gasteiger partial charge in [-0.15, -0.1) is 0 Å². The Morgan fingerprint density at radius 2 is 1.50 bits per heavy atom. The molecule has 0 aliphatic heterocycles. The predicted molar refractivity (Wildman–Crippen MR) is 111 cm³/mol. The highest BCUT2D eigenvalue weighted by Gasteiger charge is 2.18. The number of hydrogen-bond donors (Lipinski definition) is 2. The summed E-state index contributed by atoms with van der Waals surface area (Å²) >= 11 is 0. The average molecular weight is 436 g/mol. The second kappa shape index (κ2) is 10.1. The molecule has 0 aromatic heterocycles. The zero-order chi connectivity index (χ0) is 22.3. The molecule has 0 unspecified atom stereocenters. The molecule has 10 heteroatoms. The number of hydrogen-bond acceptors (Lipinski definition) is 6. The summed E-state index contributed by atoms with van der Waals surface area (Å²) in [6.45, 7) is 2.50. The van der Waals surface area contributed by atoms with Crippen LogP contribution in [0.5, 0.6) is 11.5 Å². The third-order valence-corrected chi connectivity index (χ3v) is 5.90. The third kappa shape index (κ3) is 5.49. The van der Waals surface area contributed by atoms with E-state index in [9.17, 15) is 18.0 Å². The number of nitrogens with zero attached hydrogens (tertiary/aromatic N) is 1. The summed E-state index contributed by atoms with van der Waals surface area (Å²) in [7, 11) is 0.722. The van der Waals surface area contributed by atoms with Crippen molar-refractivity contribution in [2.75, 3.05) is 27.8 Å². The van der Waals surface area contributed by atoms with E-state index in [0.717, 1.165) is 10.7 Å². The number of hydrazine groups is 1. The van der Waals surface area contributed by atoms with Crippen molar-refractivity contribution in [3.8, 4) is 11.5 Å². The highest BCUT2D eigenvalue weighted by Crippen LogP contribution is 2.28. The first kappa shape index (κ1) is 23.2. The highest BCUT2D eigenvalue weighted by atomic mass is 32.2. The molecule has 0 atom stereocenters. The van der Waals surface area contributed by atoms with Gasteiger partial charge in [0, 0.05) is 25.2 Å². The van der Waals surface area contributed by atoms with E-state index in [-0.39, 0.29) is 16.0 Å². The number of carbonyl (C=O) groups excluding carboxylic acids is 2. The number of amides is 2. The predicted octanol–water partition coefficient (Wildman–Crippen LogP) is 1.81. The first-order chi connectivity index (χ1) is 14.2. The van der Waals surface area contributed by atoms with Crippen LogP contribution in [0.25, 0.3) is 0 Å². The van der Waals surface area contributed by atoms with Gasteiger partial charge >= 0.3 is 0 Å². The Hall–Kier alpha value is -3.11. The molecule has 0 radical (unpaired) electrons. The SMILES string of the molecule is CCCOc1ccc(C(=O)NNC(=O)c2ccc(S(=O)(=O)N(C)C)cc2)cc1OC. The van der Waals surface area contributed by atoms with E-state index in [1.165, 1.54) is 51.5 Å². The molecule has 0 heterocycles. The minimum Gasteiger partial charge on any atom is -0.493 e. The first-order valence-corrected chi connectivity index (χ1v) is 10.6. The second-order valence-corrected chi connectivity index (χ2v) is 8.59. The number of carbonyl (C=O) groups is 2. The monoisotopic (exact) mass is 435 g/mol. The lowest BCUT2D eigenvalue weighted by atomic mass is 10.2. The van der Waals surface area contributed by atoms with Crippen LogP contribution in [0, 0.1) is 0 Å². The number of rotatable bonds is 8. The van der Waals surface area contributed by atoms with Crippen molar-refractivity contribution in [2.24, 2.45) is 0 Å². The zero-order valence-corrected chi connectivity index (χ0v) is 18.1. The summed E-state index contributed by atoms with van der Waals surface area (Å²) in [5, 5.41) is 0. The summed E-state index contributed by atoms with van der Waals surface area (Å²) < 4.78 is 36.0. The molecule has 0 bridgehead atoms. The summed E-state index contributed by atoms with van der Waals surface area (Å²) in [6, 6.07) is 10.1. The molecule has 0 saturated heterocycles. The molecule has 162 valence electrons. The Morgan fingerprint density at radius 3 is 2.03 bits per heavy atom. The number of ether oxygens (including phenoxy) is 2. The fourth-order valence-electron chi connectivity index (χ4n) is 2.39. The molecule has 2 N–H and O–H groups in total.